The lowest BCUT2D eigenvalue weighted by atomic mass is 10.0. The predicted molar refractivity (Wildman–Crippen MR) is 109 cm³/mol. The minimum Gasteiger partial charge on any atom is -0.388 e. The van der Waals surface area contributed by atoms with Crippen LogP contribution in [0.5, 0.6) is 0 Å². The summed E-state index contributed by atoms with van der Waals surface area (Å²) in [4.78, 5) is 29.1. The molecule has 2 aromatic carbocycles. The standard InChI is InChI=1S/C21H14ClF5N4O3/c22-14-2-1-11(23)6-13(14)17-18-19(28-15(8-32)31(18)7-16(33)29-17)30-20(34)9-3-10(21(25,26)27)5-12(24)4-9/h1-6,17,32H,7-8H2,(H,29,33)(H,30,34). The second kappa shape index (κ2) is 8.69. The monoisotopic (exact) mass is 500 g/mol. The quantitative estimate of drug-likeness (QED) is 0.475. The zero-order valence-corrected chi connectivity index (χ0v) is 17.6. The van der Waals surface area contributed by atoms with Crippen molar-refractivity contribution in [1.82, 2.24) is 14.9 Å². The van der Waals surface area contributed by atoms with Crippen molar-refractivity contribution >= 4 is 29.2 Å². The summed E-state index contributed by atoms with van der Waals surface area (Å²) in [5.41, 5.74) is -1.80. The summed E-state index contributed by atoms with van der Waals surface area (Å²) in [5, 5.41) is 14.6. The number of imidazole rings is 1. The number of hydrogen-bond acceptors (Lipinski definition) is 4. The molecular formula is C21H14ClF5N4O3. The number of carbonyl (C=O) groups is 2. The third-order valence-electron chi connectivity index (χ3n) is 5.10. The molecule has 1 aliphatic heterocycles. The van der Waals surface area contributed by atoms with E-state index in [9.17, 15) is 36.6 Å². The van der Waals surface area contributed by atoms with Gasteiger partial charge < -0.3 is 20.3 Å². The number of nitrogens with one attached hydrogen (secondary N) is 2. The zero-order chi connectivity index (χ0) is 24.8. The lowest BCUT2D eigenvalue weighted by Gasteiger charge is -2.28. The number of nitrogens with zero attached hydrogens (tertiary/aromatic N) is 2. The number of aliphatic hydroxyl groups is 1. The molecule has 1 atom stereocenters. The number of halogens is 6. The molecule has 0 bridgehead atoms. The van der Waals surface area contributed by atoms with E-state index in [1.54, 1.807) is 0 Å². The van der Waals surface area contributed by atoms with E-state index in [4.69, 9.17) is 11.6 Å². The van der Waals surface area contributed by atoms with Gasteiger partial charge in [-0.05, 0) is 36.4 Å². The fraction of sp³-hybridized carbons (Fsp3) is 0.190. The molecule has 13 heteroatoms. The van der Waals surface area contributed by atoms with Crippen LogP contribution in [-0.2, 0) is 24.1 Å². The van der Waals surface area contributed by atoms with E-state index in [-0.39, 0.29) is 40.5 Å². The molecule has 34 heavy (non-hydrogen) atoms. The van der Waals surface area contributed by atoms with Gasteiger partial charge in [0, 0.05) is 16.1 Å². The SMILES string of the molecule is O=C1Cn2c(CO)nc(NC(=O)c3cc(F)cc(C(F)(F)F)c3)c2C(c2cc(F)ccc2Cl)N1. The second-order valence-electron chi connectivity index (χ2n) is 7.35. The molecule has 0 saturated heterocycles. The largest absolute Gasteiger partial charge is 0.416 e. The minimum absolute atomic E-state index is 0.0482. The van der Waals surface area contributed by atoms with Crippen LogP contribution >= 0.6 is 11.6 Å². The van der Waals surface area contributed by atoms with Crippen LogP contribution in [0, 0.1) is 11.6 Å². The molecule has 0 aliphatic carbocycles. The number of carbonyl (C=O) groups excluding carboxylic acids is 2. The van der Waals surface area contributed by atoms with Gasteiger partial charge in [-0.15, -0.1) is 0 Å². The fourth-order valence-electron chi connectivity index (χ4n) is 3.64. The van der Waals surface area contributed by atoms with E-state index in [1.165, 1.54) is 10.6 Å². The van der Waals surface area contributed by atoms with Crippen molar-refractivity contribution in [3.8, 4) is 0 Å². The van der Waals surface area contributed by atoms with Crippen molar-refractivity contribution in [2.75, 3.05) is 5.32 Å². The molecule has 1 unspecified atom stereocenters. The summed E-state index contributed by atoms with van der Waals surface area (Å²) in [6.45, 7) is -0.965. The number of aliphatic hydroxyl groups excluding tert-OH is 1. The van der Waals surface area contributed by atoms with Gasteiger partial charge in [-0.25, -0.2) is 13.8 Å². The fourth-order valence-corrected chi connectivity index (χ4v) is 3.87. The molecule has 0 radical (unpaired) electrons. The predicted octanol–water partition coefficient (Wildman–Crippen LogP) is 3.80. The maximum atomic E-state index is 13.9. The first-order valence-electron chi connectivity index (χ1n) is 9.61. The van der Waals surface area contributed by atoms with Crippen molar-refractivity contribution in [2.24, 2.45) is 0 Å². The topological polar surface area (TPSA) is 96.2 Å². The summed E-state index contributed by atoms with van der Waals surface area (Å²) >= 11 is 6.18. The van der Waals surface area contributed by atoms with E-state index < -0.39 is 53.4 Å². The number of fused-ring (bicyclic) bond motifs is 1. The summed E-state index contributed by atoms with van der Waals surface area (Å²) in [7, 11) is 0. The number of aromatic nitrogens is 2. The van der Waals surface area contributed by atoms with Crippen LogP contribution in [0.4, 0.5) is 27.8 Å². The van der Waals surface area contributed by atoms with Crippen LogP contribution in [0.25, 0.3) is 0 Å². The van der Waals surface area contributed by atoms with Gasteiger partial charge in [0.1, 0.15) is 30.6 Å². The Kier molecular flexibility index (Phi) is 6.04. The lowest BCUT2D eigenvalue weighted by Crippen LogP contribution is -2.40. The first-order chi connectivity index (χ1) is 16.0. The summed E-state index contributed by atoms with van der Waals surface area (Å²) in [5.74, 6) is -3.89. The molecule has 0 spiro atoms. The van der Waals surface area contributed by atoms with Gasteiger partial charge in [0.2, 0.25) is 5.91 Å². The molecule has 1 aromatic heterocycles. The van der Waals surface area contributed by atoms with E-state index in [2.05, 4.69) is 15.6 Å². The summed E-state index contributed by atoms with van der Waals surface area (Å²) < 4.78 is 68.1. The molecule has 7 nitrogen and oxygen atoms in total. The first kappa shape index (κ1) is 23.6. The molecule has 2 amide bonds. The van der Waals surface area contributed by atoms with Gasteiger partial charge in [-0.3, -0.25) is 9.59 Å². The Bertz CT molecular complexity index is 1310. The van der Waals surface area contributed by atoms with Crippen molar-refractivity contribution in [1.29, 1.82) is 0 Å². The molecule has 1 aliphatic rings. The highest BCUT2D eigenvalue weighted by atomic mass is 35.5. The number of amides is 2. The summed E-state index contributed by atoms with van der Waals surface area (Å²) in [6, 6.07) is 3.62. The van der Waals surface area contributed by atoms with Crippen molar-refractivity contribution < 1.29 is 36.6 Å². The third-order valence-corrected chi connectivity index (χ3v) is 5.44. The molecule has 0 fully saturated rings. The van der Waals surface area contributed by atoms with E-state index >= 15 is 0 Å². The van der Waals surface area contributed by atoms with Gasteiger partial charge in [-0.1, -0.05) is 11.6 Å². The average Bonchev–Trinajstić information content (AvgIpc) is 3.11. The van der Waals surface area contributed by atoms with E-state index in [0.29, 0.717) is 12.1 Å². The molecule has 4 rings (SSSR count). The Morgan fingerprint density at radius 3 is 2.62 bits per heavy atom. The van der Waals surface area contributed by atoms with Crippen LogP contribution in [0.3, 0.4) is 0 Å². The van der Waals surface area contributed by atoms with Crippen molar-refractivity contribution in [3.63, 3.8) is 0 Å². The van der Waals surface area contributed by atoms with Crippen LogP contribution in [0.2, 0.25) is 5.02 Å². The molecule has 2 heterocycles. The Hall–Kier alpha value is -3.51. The van der Waals surface area contributed by atoms with E-state index in [0.717, 1.165) is 12.1 Å². The Morgan fingerprint density at radius 1 is 1.21 bits per heavy atom. The highest BCUT2D eigenvalue weighted by molar-refractivity contribution is 6.31. The maximum Gasteiger partial charge on any atom is 0.416 e. The third kappa shape index (κ3) is 4.46. The molecule has 3 aromatic rings. The van der Waals surface area contributed by atoms with Crippen LogP contribution in [-0.4, -0.2) is 26.5 Å². The number of alkyl halides is 3. The number of benzene rings is 2. The van der Waals surface area contributed by atoms with E-state index in [1.807, 2.05) is 0 Å². The molecule has 178 valence electrons. The highest BCUT2D eigenvalue weighted by Gasteiger charge is 2.35. The van der Waals surface area contributed by atoms with Gasteiger partial charge >= 0.3 is 6.18 Å². The van der Waals surface area contributed by atoms with Crippen molar-refractivity contribution in [3.05, 3.63) is 81.3 Å². The minimum atomic E-state index is -4.89. The second-order valence-corrected chi connectivity index (χ2v) is 7.76. The number of anilines is 1. The molecular weight excluding hydrogens is 487 g/mol. The molecule has 3 N–H and O–H groups in total. The lowest BCUT2D eigenvalue weighted by molar-refractivity contribution is -0.137. The van der Waals surface area contributed by atoms with Crippen molar-refractivity contribution in [2.45, 2.75) is 25.4 Å². The van der Waals surface area contributed by atoms with Crippen LogP contribution in [0.15, 0.2) is 36.4 Å². The Morgan fingerprint density at radius 2 is 1.94 bits per heavy atom. The van der Waals surface area contributed by atoms with Gasteiger partial charge in [0.15, 0.2) is 5.82 Å². The zero-order valence-electron chi connectivity index (χ0n) is 16.9. The molecule has 0 saturated carbocycles. The smallest absolute Gasteiger partial charge is 0.388 e. The Balaban J connectivity index is 1.79. The average molecular weight is 501 g/mol. The Labute approximate surface area is 193 Å². The summed E-state index contributed by atoms with van der Waals surface area (Å²) in [6.07, 6.45) is -4.89. The highest BCUT2D eigenvalue weighted by Crippen LogP contribution is 2.36. The van der Waals surface area contributed by atoms with Gasteiger partial charge in [0.25, 0.3) is 5.91 Å². The number of rotatable bonds is 4. The van der Waals surface area contributed by atoms with Crippen LogP contribution in [0.1, 0.15) is 39.0 Å². The number of hydrogen-bond donors (Lipinski definition) is 3. The first-order valence-corrected chi connectivity index (χ1v) is 9.99. The van der Waals surface area contributed by atoms with Crippen LogP contribution < -0.4 is 10.6 Å². The normalized spacial score (nSPS) is 15.6. The maximum absolute atomic E-state index is 13.9. The van der Waals surface area contributed by atoms with Gasteiger partial charge in [-0.2, -0.15) is 13.2 Å². The van der Waals surface area contributed by atoms with Gasteiger partial charge in [0.05, 0.1) is 17.3 Å².